The van der Waals surface area contributed by atoms with Crippen LogP contribution in [0.1, 0.15) is 41.0 Å². The van der Waals surface area contributed by atoms with Crippen molar-refractivity contribution in [2.24, 2.45) is 0 Å². The summed E-state index contributed by atoms with van der Waals surface area (Å²) in [4.78, 5) is 17.8. The van der Waals surface area contributed by atoms with Gasteiger partial charge in [-0.3, -0.25) is 0 Å². The molecule has 0 aromatic carbocycles. The van der Waals surface area contributed by atoms with Crippen LogP contribution in [0.4, 0.5) is 5.82 Å². The number of fused-ring (bicyclic) bond motifs is 1. The van der Waals surface area contributed by atoms with E-state index in [1.807, 2.05) is 22.7 Å². The normalized spacial score (nSPS) is 14.7. The van der Waals surface area contributed by atoms with Crippen LogP contribution in [0.25, 0.3) is 5.52 Å². The van der Waals surface area contributed by atoms with Crippen LogP contribution in [-0.2, 0) is 6.42 Å². The molecule has 1 fully saturated rings. The second-order valence-corrected chi connectivity index (χ2v) is 6.96. The molecule has 1 aliphatic heterocycles. The van der Waals surface area contributed by atoms with Crippen molar-refractivity contribution in [3.8, 4) is 0 Å². The highest BCUT2D eigenvalue weighted by atomic mass is 35.5. The van der Waals surface area contributed by atoms with Crippen molar-refractivity contribution < 1.29 is 9.90 Å². The molecule has 0 aliphatic carbocycles. The van der Waals surface area contributed by atoms with Crippen LogP contribution in [0.3, 0.4) is 0 Å². The van der Waals surface area contributed by atoms with Gasteiger partial charge in [0.25, 0.3) is 0 Å². The molecule has 0 atom stereocenters. The summed E-state index contributed by atoms with van der Waals surface area (Å²) >= 11 is 6.13. The molecule has 0 saturated carbocycles. The van der Waals surface area contributed by atoms with E-state index in [1.165, 1.54) is 12.5 Å². The number of rotatable bonds is 4. The number of aromatic nitrogens is 3. The summed E-state index contributed by atoms with van der Waals surface area (Å²) in [6, 6.07) is 8.90. The van der Waals surface area contributed by atoms with Gasteiger partial charge in [-0.05, 0) is 43.5 Å². The van der Waals surface area contributed by atoms with Crippen LogP contribution in [0.2, 0.25) is 5.02 Å². The number of hydrogen-bond donors (Lipinski definition) is 1. The van der Waals surface area contributed by atoms with E-state index < -0.39 is 5.97 Å². The second-order valence-electron chi connectivity index (χ2n) is 6.52. The molecule has 6 nitrogen and oxygen atoms in total. The highest BCUT2D eigenvalue weighted by Crippen LogP contribution is 2.29. The molecular formula is C19H19ClN4O2. The third-order valence-electron chi connectivity index (χ3n) is 4.71. The van der Waals surface area contributed by atoms with Crippen molar-refractivity contribution in [2.45, 2.75) is 25.7 Å². The average Bonchev–Trinajstić information content (AvgIpc) is 3.00. The standard InChI is InChI=1S/C19H19ClN4O2/c20-13-7-8-17-15(11-14-5-4-6-16(21-14)19(25)26)18(22-24(17)12-13)23-9-2-1-3-10-23/h4-8,12H,1-3,9-11H2,(H,25,26). The Morgan fingerprint density at radius 2 is 1.96 bits per heavy atom. The summed E-state index contributed by atoms with van der Waals surface area (Å²) in [7, 11) is 0. The van der Waals surface area contributed by atoms with Crippen molar-refractivity contribution in [1.82, 2.24) is 14.6 Å². The third kappa shape index (κ3) is 3.24. The molecule has 1 aliphatic rings. The Morgan fingerprint density at radius 1 is 1.15 bits per heavy atom. The minimum absolute atomic E-state index is 0.0570. The topological polar surface area (TPSA) is 70.7 Å². The van der Waals surface area contributed by atoms with Gasteiger partial charge in [0.2, 0.25) is 0 Å². The molecule has 3 aromatic heterocycles. The molecule has 0 radical (unpaired) electrons. The molecule has 26 heavy (non-hydrogen) atoms. The first kappa shape index (κ1) is 16.8. The van der Waals surface area contributed by atoms with Gasteiger partial charge in [-0.25, -0.2) is 14.3 Å². The van der Waals surface area contributed by atoms with Gasteiger partial charge < -0.3 is 10.0 Å². The SMILES string of the molecule is O=C(O)c1cccc(Cc2c(N3CCCCC3)nn3cc(Cl)ccc23)n1. The monoisotopic (exact) mass is 370 g/mol. The Balaban J connectivity index is 1.79. The highest BCUT2D eigenvalue weighted by Gasteiger charge is 2.21. The second kappa shape index (κ2) is 6.96. The molecular weight excluding hydrogens is 352 g/mol. The Labute approximate surface area is 156 Å². The number of pyridine rings is 2. The average molecular weight is 371 g/mol. The van der Waals surface area contributed by atoms with Crippen molar-refractivity contribution >= 4 is 28.9 Å². The first-order chi connectivity index (χ1) is 12.6. The van der Waals surface area contributed by atoms with Gasteiger partial charge in [0.05, 0.1) is 10.5 Å². The van der Waals surface area contributed by atoms with Crippen LogP contribution < -0.4 is 4.90 Å². The molecule has 0 amide bonds. The van der Waals surface area contributed by atoms with Gasteiger partial charge in [0.1, 0.15) is 5.69 Å². The van der Waals surface area contributed by atoms with E-state index in [-0.39, 0.29) is 5.69 Å². The lowest BCUT2D eigenvalue weighted by molar-refractivity contribution is 0.0690. The fourth-order valence-corrected chi connectivity index (χ4v) is 3.63. The zero-order chi connectivity index (χ0) is 18.1. The molecule has 1 saturated heterocycles. The van der Waals surface area contributed by atoms with Gasteiger partial charge in [0.15, 0.2) is 5.82 Å². The fourth-order valence-electron chi connectivity index (χ4n) is 3.47. The first-order valence-electron chi connectivity index (χ1n) is 8.73. The minimum atomic E-state index is -1.02. The summed E-state index contributed by atoms with van der Waals surface area (Å²) in [5.41, 5.74) is 2.80. The van der Waals surface area contributed by atoms with Crippen molar-refractivity contribution in [2.75, 3.05) is 18.0 Å². The van der Waals surface area contributed by atoms with E-state index >= 15 is 0 Å². The van der Waals surface area contributed by atoms with E-state index in [9.17, 15) is 9.90 Å². The number of nitrogens with zero attached hydrogens (tertiary/aromatic N) is 4. The zero-order valence-corrected chi connectivity index (χ0v) is 15.0. The number of carboxylic acid groups (broad SMARTS) is 1. The summed E-state index contributed by atoms with van der Waals surface area (Å²) in [6.07, 6.45) is 5.88. The first-order valence-corrected chi connectivity index (χ1v) is 9.10. The third-order valence-corrected chi connectivity index (χ3v) is 4.94. The molecule has 0 spiro atoms. The van der Waals surface area contributed by atoms with Crippen LogP contribution >= 0.6 is 11.6 Å². The number of anilines is 1. The molecule has 3 aromatic rings. The van der Waals surface area contributed by atoms with Crippen molar-refractivity contribution in [3.05, 3.63) is 58.5 Å². The zero-order valence-electron chi connectivity index (χ0n) is 14.2. The predicted molar refractivity (Wildman–Crippen MR) is 100 cm³/mol. The van der Waals surface area contributed by atoms with Crippen LogP contribution in [0.15, 0.2) is 36.5 Å². The van der Waals surface area contributed by atoms with Gasteiger partial charge in [0, 0.05) is 37.0 Å². The van der Waals surface area contributed by atoms with Crippen LogP contribution in [-0.4, -0.2) is 38.8 Å². The molecule has 7 heteroatoms. The van der Waals surface area contributed by atoms with Gasteiger partial charge >= 0.3 is 5.97 Å². The number of aromatic carboxylic acids is 1. The van der Waals surface area contributed by atoms with Crippen molar-refractivity contribution in [3.63, 3.8) is 0 Å². The Kier molecular flexibility index (Phi) is 4.51. The molecule has 4 rings (SSSR count). The maximum absolute atomic E-state index is 11.2. The lowest BCUT2D eigenvalue weighted by Crippen LogP contribution is -2.30. The molecule has 0 bridgehead atoms. The lowest BCUT2D eigenvalue weighted by Gasteiger charge is -2.27. The number of carbonyl (C=O) groups is 1. The molecule has 1 N–H and O–H groups in total. The maximum Gasteiger partial charge on any atom is 0.354 e. The van der Waals surface area contributed by atoms with E-state index in [0.29, 0.717) is 17.1 Å². The van der Waals surface area contributed by atoms with Crippen molar-refractivity contribution in [1.29, 1.82) is 0 Å². The minimum Gasteiger partial charge on any atom is -0.477 e. The number of hydrogen-bond acceptors (Lipinski definition) is 4. The highest BCUT2D eigenvalue weighted by molar-refractivity contribution is 6.30. The largest absolute Gasteiger partial charge is 0.477 e. The lowest BCUT2D eigenvalue weighted by atomic mass is 10.1. The molecule has 4 heterocycles. The van der Waals surface area contributed by atoms with E-state index in [1.54, 1.807) is 12.3 Å². The van der Waals surface area contributed by atoms with E-state index in [4.69, 9.17) is 16.7 Å². The van der Waals surface area contributed by atoms with Crippen LogP contribution in [0.5, 0.6) is 0 Å². The molecule has 134 valence electrons. The van der Waals surface area contributed by atoms with Crippen LogP contribution in [0, 0.1) is 0 Å². The number of carboxylic acids is 1. The summed E-state index contributed by atoms with van der Waals surface area (Å²) < 4.78 is 1.81. The predicted octanol–water partition coefficient (Wildman–Crippen LogP) is 3.66. The van der Waals surface area contributed by atoms with Gasteiger partial charge in [-0.2, -0.15) is 0 Å². The summed E-state index contributed by atoms with van der Waals surface area (Å²) in [6.45, 7) is 1.96. The Bertz CT molecular complexity index is 963. The van der Waals surface area contributed by atoms with E-state index in [0.717, 1.165) is 42.8 Å². The van der Waals surface area contributed by atoms with E-state index in [2.05, 4.69) is 9.88 Å². The smallest absolute Gasteiger partial charge is 0.354 e. The fraction of sp³-hybridized carbons (Fsp3) is 0.316. The quantitative estimate of drug-likeness (QED) is 0.758. The summed E-state index contributed by atoms with van der Waals surface area (Å²) in [5, 5.41) is 14.6. The molecule has 0 unspecified atom stereocenters. The maximum atomic E-state index is 11.2. The Morgan fingerprint density at radius 3 is 2.73 bits per heavy atom. The van der Waals surface area contributed by atoms with Gasteiger partial charge in [-0.15, -0.1) is 5.10 Å². The summed E-state index contributed by atoms with van der Waals surface area (Å²) in [5.74, 6) is -0.0794. The van der Waals surface area contributed by atoms with Gasteiger partial charge in [-0.1, -0.05) is 17.7 Å². The Hall–Kier alpha value is -2.60. The number of piperidine rings is 1. The number of halogens is 1.